The van der Waals surface area contributed by atoms with Crippen molar-refractivity contribution >= 4 is 23.1 Å². The smallest absolute Gasteiger partial charge is 0.329 e. The number of aromatic nitrogens is 4. The fourth-order valence-electron chi connectivity index (χ4n) is 2.97. The van der Waals surface area contributed by atoms with Gasteiger partial charge in [-0.1, -0.05) is 0 Å². The highest BCUT2D eigenvalue weighted by molar-refractivity contribution is 5.71. The Hall–Kier alpha value is -2.58. The maximum atomic E-state index is 11.9. The second-order valence-corrected chi connectivity index (χ2v) is 5.88. The number of nitrogens with zero attached hydrogens (tertiary/aromatic N) is 3. The van der Waals surface area contributed by atoms with E-state index in [0.717, 1.165) is 10.9 Å². The molecular formula is C13H17N5O8. The van der Waals surface area contributed by atoms with Gasteiger partial charge in [-0.15, -0.1) is 0 Å². The van der Waals surface area contributed by atoms with Gasteiger partial charge in [0.15, 0.2) is 11.2 Å². The molecule has 3 heterocycles. The van der Waals surface area contributed by atoms with E-state index in [1.165, 1.54) is 6.92 Å². The summed E-state index contributed by atoms with van der Waals surface area (Å²) in [5.41, 5.74) is 2.66. The lowest BCUT2D eigenvalue weighted by molar-refractivity contribution is -0.314. The van der Waals surface area contributed by atoms with Gasteiger partial charge in [-0.25, -0.2) is 9.78 Å². The van der Waals surface area contributed by atoms with Crippen LogP contribution in [0, 0.1) is 0 Å². The van der Waals surface area contributed by atoms with Crippen LogP contribution < -0.4 is 11.3 Å². The summed E-state index contributed by atoms with van der Waals surface area (Å²) in [4.78, 5) is 32.9. The van der Waals surface area contributed by atoms with E-state index in [1.54, 1.807) is 0 Å². The highest BCUT2D eigenvalue weighted by Gasteiger charge is 2.66. The van der Waals surface area contributed by atoms with Crippen LogP contribution in [-0.2, 0) is 20.0 Å². The van der Waals surface area contributed by atoms with Crippen molar-refractivity contribution in [1.29, 1.82) is 0 Å². The third-order valence-corrected chi connectivity index (χ3v) is 4.28. The molecular weight excluding hydrogens is 354 g/mol. The zero-order valence-electron chi connectivity index (χ0n) is 13.5. The van der Waals surface area contributed by atoms with Crippen LogP contribution in [0.3, 0.4) is 0 Å². The van der Waals surface area contributed by atoms with Crippen molar-refractivity contribution in [2.45, 2.75) is 30.6 Å². The van der Waals surface area contributed by atoms with Crippen LogP contribution in [-0.4, -0.2) is 77.1 Å². The molecule has 1 aliphatic rings. The molecule has 142 valence electrons. The summed E-state index contributed by atoms with van der Waals surface area (Å²) >= 11 is 0. The molecule has 0 unspecified atom stereocenters. The Kier molecular flexibility index (Phi) is 4.20. The molecule has 13 heteroatoms. The SMILES string of the molecule is C[C@@]1(n2cnc3c(=O)[nH]c(N)nc32)O[C@H](CO)[C@@H](O)[C@]1(O)OCC(=O)O. The van der Waals surface area contributed by atoms with Gasteiger partial charge in [-0.3, -0.25) is 14.3 Å². The minimum atomic E-state index is -2.61. The van der Waals surface area contributed by atoms with E-state index in [9.17, 15) is 24.9 Å². The first-order chi connectivity index (χ1) is 12.1. The number of fused-ring (bicyclic) bond motifs is 1. The van der Waals surface area contributed by atoms with E-state index in [-0.39, 0.29) is 17.1 Å². The Morgan fingerprint density at radius 3 is 2.88 bits per heavy atom. The summed E-state index contributed by atoms with van der Waals surface area (Å²) in [5.74, 6) is -4.25. The molecule has 0 aromatic carbocycles. The van der Waals surface area contributed by atoms with E-state index in [0.29, 0.717) is 0 Å². The second kappa shape index (κ2) is 6.00. The number of aliphatic carboxylic acids is 1. The fraction of sp³-hybridized carbons (Fsp3) is 0.538. The number of imidazole rings is 1. The van der Waals surface area contributed by atoms with E-state index < -0.39 is 48.5 Å². The van der Waals surface area contributed by atoms with Gasteiger partial charge in [0, 0.05) is 0 Å². The van der Waals surface area contributed by atoms with E-state index >= 15 is 0 Å². The maximum absolute atomic E-state index is 11.9. The highest BCUT2D eigenvalue weighted by atomic mass is 16.7. The monoisotopic (exact) mass is 371 g/mol. The number of ether oxygens (including phenoxy) is 2. The predicted octanol–water partition coefficient (Wildman–Crippen LogP) is -3.08. The molecule has 0 saturated carbocycles. The molecule has 13 nitrogen and oxygen atoms in total. The van der Waals surface area contributed by atoms with Gasteiger partial charge < -0.3 is 35.6 Å². The van der Waals surface area contributed by atoms with Crippen LogP contribution in [0.5, 0.6) is 0 Å². The second-order valence-electron chi connectivity index (χ2n) is 5.88. The number of nitrogen functional groups attached to an aromatic ring is 1. The topological polar surface area (TPSA) is 206 Å². The molecule has 1 fully saturated rings. The van der Waals surface area contributed by atoms with Gasteiger partial charge in [0.05, 0.1) is 12.9 Å². The number of hydrogen-bond acceptors (Lipinski definition) is 10. The highest BCUT2D eigenvalue weighted by Crippen LogP contribution is 2.45. The van der Waals surface area contributed by atoms with Gasteiger partial charge in [0.2, 0.25) is 17.5 Å². The zero-order chi connectivity index (χ0) is 19.3. The standard InChI is InChI=1S/C13H17N5O8/c1-12(18-4-15-7-9(18)16-11(14)17-10(7)23)13(24,25-3-6(20)21)8(22)5(2-19)26-12/h4-5,8,19,22,24H,2-3H2,1H3,(H,20,21)(H3,14,16,17,23)/t5-,8-,12-,13+/m1/s1. The number of rotatable bonds is 5. The number of aliphatic hydroxyl groups is 3. The number of carboxylic acids is 1. The Morgan fingerprint density at radius 1 is 1.58 bits per heavy atom. The molecule has 2 aromatic heterocycles. The molecule has 0 amide bonds. The van der Waals surface area contributed by atoms with Crippen molar-refractivity contribution in [2.75, 3.05) is 18.9 Å². The minimum Gasteiger partial charge on any atom is -0.480 e. The van der Waals surface area contributed by atoms with Crippen LogP contribution in [0.2, 0.25) is 0 Å². The first-order valence-electron chi connectivity index (χ1n) is 7.42. The Bertz CT molecular complexity index is 912. The molecule has 0 bridgehead atoms. The van der Waals surface area contributed by atoms with Crippen LogP contribution in [0.4, 0.5) is 5.95 Å². The predicted molar refractivity (Wildman–Crippen MR) is 82.7 cm³/mol. The third kappa shape index (κ3) is 2.45. The van der Waals surface area contributed by atoms with Crippen molar-refractivity contribution in [3.63, 3.8) is 0 Å². The number of anilines is 1. The number of hydrogen-bond donors (Lipinski definition) is 6. The van der Waals surface area contributed by atoms with E-state index in [4.69, 9.17) is 20.3 Å². The summed E-state index contributed by atoms with van der Waals surface area (Å²) in [5, 5.41) is 39.5. The molecule has 2 aromatic rings. The van der Waals surface area contributed by atoms with E-state index in [1.807, 2.05) is 0 Å². The summed E-state index contributed by atoms with van der Waals surface area (Å²) in [7, 11) is 0. The first-order valence-corrected chi connectivity index (χ1v) is 7.42. The number of carbonyl (C=O) groups is 1. The molecule has 0 radical (unpaired) electrons. The number of nitrogens with two attached hydrogens (primary N) is 1. The number of nitrogens with one attached hydrogen (secondary N) is 1. The van der Waals surface area contributed by atoms with Gasteiger partial charge in [0.1, 0.15) is 18.8 Å². The van der Waals surface area contributed by atoms with Gasteiger partial charge in [-0.2, -0.15) is 4.98 Å². The van der Waals surface area contributed by atoms with Crippen molar-refractivity contribution in [3.05, 3.63) is 16.7 Å². The van der Waals surface area contributed by atoms with Gasteiger partial charge in [-0.05, 0) is 6.92 Å². The maximum Gasteiger partial charge on any atom is 0.329 e. The quantitative estimate of drug-likeness (QED) is 0.290. The zero-order valence-corrected chi connectivity index (χ0v) is 13.5. The molecule has 1 saturated heterocycles. The normalized spacial score (nSPS) is 31.5. The Labute approximate surface area is 144 Å². The molecule has 7 N–H and O–H groups in total. The van der Waals surface area contributed by atoms with Crippen molar-refractivity contribution < 1.29 is 34.7 Å². The van der Waals surface area contributed by atoms with Crippen molar-refractivity contribution in [1.82, 2.24) is 19.5 Å². The first kappa shape index (κ1) is 18.2. The largest absolute Gasteiger partial charge is 0.480 e. The minimum absolute atomic E-state index is 0.100. The van der Waals surface area contributed by atoms with Crippen LogP contribution in [0.1, 0.15) is 6.92 Å². The lowest BCUT2D eigenvalue weighted by atomic mass is 9.99. The lowest BCUT2D eigenvalue weighted by Crippen LogP contribution is -2.58. The summed E-state index contributed by atoms with van der Waals surface area (Å²) in [6, 6.07) is 0. The summed E-state index contributed by atoms with van der Waals surface area (Å²) in [6.45, 7) is -0.403. The van der Waals surface area contributed by atoms with Crippen LogP contribution >= 0.6 is 0 Å². The average Bonchev–Trinajstić information content (AvgIpc) is 3.07. The number of aliphatic hydroxyl groups excluding tert-OH is 2. The van der Waals surface area contributed by atoms with Crippen molar-refractivity contribution in [2.24, 2.45) is 0 Å². The number of H-pyrrole nitrogens is 1. The lowest BCUT2D eigenvalue weighted by Gasteiger charge is -2.38. The fourth-order valence-corrected chi connectivity index (χ4v) is 2.97. The molecule has 0 spiro atoms. The number of aromatic amines is 1. The van der Waals surface area contributed by atoms with Crippen LogP contribution in [0.15, 0.2) is 11.1 Å². The van der Waals surface area contributed by atoms with E-state index in [2.05, 4.69) is 15.0 Å². The molecule has 26 heavy (non-hydrogen) atoms. The Morgan fingerprint density at radius 2 is 2.27 bits per heavy atom. The average molecular weight is 371 g/mol. The Balaban J connectivity index is 2.19. The van der Waals surface area contributed by atoms with Gasteiger partial charge >= 0.3 is 5.97 Å². The van der Waals surface area contributed by atoms with Crippen molar-refractivity contribution in [3.8, 4) is 0 Å². The molecule has 3 rings (SSSR count). The molecule has 4 atom stereocenters. The summed E-state index contributed by atoms with van der Waals surface area (Å²) < 4.78 is 11.7. The van der Waals surface area contributed by atoms with Gasteiger partial charge in [0.25, 0.3) is 5.56 Å². The third-order valence-electron chi connectivity index (χ3n) is 4.28. The number of carboxylic acid groups (broad SMARTS) is 1. The summed E-state index contributed by atoms with van der Waals surface area (Å²) in [6.07, 6.45) is -2.03. The molecule has 0 aliphatic carbocycles. The molecule has 1 aliphatic heterocycles. The van der Waals surface area contributed by atoms with Crippen LogP contribution in [0.25, 0.3) is 11.2 Å².